The third-order valence-corrected chi connectivity index (χ3v) is 5.28. The molecule has 0 aromatic heterocycles. The number of hydrogen-bond donors (Lipinski definition) is 0. The van der Waals surface area contributed by atoms with Crippen LogP contribution in [0, 0.1) is 11.8 Å². The molecule has 0 N–H and O–H groups in total. The van der Waals surface area contributed by atoms with Gasteiger partial charge < -0.3 is 9.47 Å². The van der Waals surface area contributed by atoms with Gasteiger partial charge >= 0.3 is 0 Å². The molecule has 4 unspecified atom stereocenters. The minimum atomic E-state index is -0.169. The number of epoxide rings is 1. The van der Waals surface area contributed by atoms with Crippen LogP contribution in [0.15, 0.2) is 30.3 Å². The van der Waals surface area contributed by atoms with E-state index in [-0.39, 0.29) is 11.2 Å². The molecule has 2 heteroatoms. The topological polar surface area (TPSA) is 21.8 Å². The summed E-state index contributed by atoms with van der Waals surface area (Å²) in [6.07, 6.45) is 3.89. The summed E-state index contributed by atoms with van der Waals surface area (Å²) in [6, 6.07) is 10.7. The molecule has 17 heavy (non-hydrogen) atoms. The molecule has 2 bridgehead atoms. The lowest BCUT2D eigenvalue weighted by Gasteiger charge is -2.41. The molecule has 4 atom stereocenters. The van der Waals surface area contributed by atoms with E-state index in [9.17, 15) is 0 Å². The molecule has 2 aliphatic carbocycles. The van der Waals surface area contributed by atoms with Crippen LogP contribution in [-0.2, 0) is 15.1 Å². The zero-order chi connectivity index (χ0) is 11.5. The fourth-order valence-electron chi connectivity index (χ4n) is 4.57. The summed E-state index contributed by atoms with van der Waals surface area (Å²) in [7, 11) is 1.86. The molecule has 1 aromatic rings. The first-order valence-corrected chi connectivity index (χ1v) is 6.58. The van der Waals surface area contributed by atoms with Gasteiger partial charge in [-0.05, 0) is 36.7 Å². The van der Waals surface area contributed by atoms with Gasteiger partial charge in [0.05, 0.1) is 6.61 Å². The first-order valence-electron chi connectivity index (χ1n) is 6.58. The quantitative estimate of drug-likeness (QED) is 0.729. The molecule has 1 aromatic carbocycles. The van der Waals surface area contributed by atoms with Gasteiger partial charge in [-0.2, -0.15) is 0 Å². The highest BCUT2D eigenvalue weighted by molar-refractivity contribution is 5.36. The van der Waals surface area contributed by atoms with Gasteiger partial charge in [0.15, 0.2) is 0 Å². The molecule has 4 rings (SSSR count). The third kappa shape index (κ3) is 1.000. The lowest BCUT2D eigenvalue weighted by molar-refractivity contribution is -0.113. The van der Waals surface area contributed by atoms with Crippen molar-refractivity contribution < 1.29 is 9.47 Å². The van der Waals surface area contributed by atoms with Crippen LogP contribution in [0.2, 0.25) is 0 Å². The lowest BCUT2D eigenvalue weighted by atomic mass is 9.71. The predicted molar refractivity (Wildman–Crippen MR) is 64.6 cm³/mol. The standard InChI is InChI=1S/C15H18O2/c1-16-15(11-5-3-2-4-6-11)13-8-7-12(9-13)14(15)10-17-14/h2-6,12-13H,7-10H2,1H3. The average molecular weight is 230 g/mol. The zero-order valence-corrected chi connectivity index (χ0v) is 10.2. The highest BCUT2D eigenvalue weighted by atomic mass is 16.6. The van der Waals surface area contributed by atoms with Crippen LogP contribution >= 0.6 is 0 Å². The van der Waals surface area contributed by atoms with Gasteiger partial charge in [0.2, 0.25) is 0 Å². The van der Waals surface area contributed by atoms with E-state index < -0.39 is 0 Å². The monoisotopic (exact) mass is 230 g/mol. The van der Waals surface area contributed by atoms with E-state index in [1.54, 1.807) is 0 Å². The zero-order valence-electron chi connectivity index (χ0n) is 10.2. The average Bonchev–Trinajstić information content (AvgIpc) is 2.94. The highest BCUT2D eigenvalue weighted by Gasteiger charge is 2.76. The molecule has 1 aliphatic heterocycles. The maximum absolute atomic E-state index is 6.07. The van der Waals surface area contributed by atoms with Crippen molar-refractivity contribution in [3.63, 3.8) is 0 Å². The highest BCUT2D eigenvalue weighted by Crippen LogP contribution is 2.69. The Labute approximate surface area is 102 Å². The number of fused-ring (bicyclic) bond motifs is 3. The fraction of sp³-hybridized carbons (Fsp3) is 0.600. The molecular formula is C15H18O2. The van der Waals surface area contributed by atoms with Crippen molar-refractivity contribution in [1.82, 2.24) is 0 Å². The van der Waals surface area contributed by atoms with Crippen LogP contribution in [0.4, 0.5) is 0 Å². The molecule has 2 nitrogen and oxygen atoms in total. The molecule has 1 heterocycles. The maximum Gasteiger partial charge on any atom is 0.128 e. The molecular weight excluding hydrogens is 212 g/mol. The van der Waals surface area contributed by atoms with Crippen LogP contribution in [0.1, 0.15) is 24.8 Å². The van der Waals surface area contributed by atoms with Gasteiger partial charge in [0.25, 0.3) is 0 Å². The largest absolute Gasteiger partial charge is 0.370 e. The third-order valence-electron chi connectivity index (χ3n) is 5.28. The summed E-state index contributed by atoms with van der Waals surface area (Å²) in [4.78, 5) is 0. The Kier molecular flexibility index (Phi) is 1.85. The van der Waals surface area contributed by atoms with Crippen LogP contribution in [-0.4, -0.2) is 19.3 Å². The van der Waals surface area contributed by atoms with Crippen molar-refractivity contribution in [2.45, 2.75) is 30.5 Å². The SMILES string of the molecule is COC1(c2ccccc2)C2CCC(C2)C12CO2. The summed E-state index contributed by atoms with van der Waals surface area (Å²) >= 11 is 0. The summed E-state index contributed by atoms with van der Waals surface area (Å²) in [5, 5.41) is 0. The van der Waals surface area contributed by atoms with E-state index in [2.05, 4.69) is 30.3 Å². The maximum atomic E-state index is 6.07. The smallest absolute Gasteiger partial charge is 0.128 e. The first kappa shape index (κ1) is 10.1. The van der Waals surface area contributed by atoms with Gasteiger partial charge in [-0.1, -0.05) is 30.3 Å². The number of hydrogen-bond acceptors (Lipinski definition) is 2. The Hall–Kier alpha value is -0.860. The van der Waals surface area contributed by atoms with Crippen molar-refractivity contribution >= 4 is 0 Å². The number of rotatable bonds is 2. The second-order valence-corrected chi connectivity index (χ2v) is 5.69. The van der Waals surface area contributed by atoms with Gasteiger partial charge in [-0.25, -0.2) is 0 Å². The van der Waals surface area contributed by atoms with Crippen molar-refractivity contribution in [2.75, 3.05) is 13.7 Å². The Morgan fingerprint density at radius 1 is 1.18 bits per heavy atom. The van der Waals surface area contributed by atoms with Gasteiger partial charge in [0.1, 0.15) is 11.2 Å². The minimum absolute atomic E-state index is 0.00597. The van der Waals surface area contributed by atoms with Crippen LogP contribution in [0.3, 0.4) is 0 Å². The first-order chi connectivity index (χ1) is 8.33. The van der Waals surface area contributed by atoms with E-state index >= 15 is 0 Å². The van der Waals surface area contributed by atoms with Gasteiger partial charge in [-0.3, -0.25) is 0 Å². The Bertz CT molecular complexity index is 437. The fourth-order valence-corrected chi connectivity index (χ4v) is 4.57. The second-order valence-electron chi connectivity index (χ2n) is 5.69. The Morgan fingerprint density at radius 3 is 2.53 bits per heavy atom. The van der Waals surface area contributed by atoms with Crippen molar-refractivity contribution in [1.29, 1.82) is 0 Å². The van der Waals surface area contributed by atoms with E-state index in [4.69, 9.17) is 9.47 Å². The molecule has 1 spiro atoms. The van der Waals surface area contributed by atoms with Crippen LogP contribution in [0.25, 0.3) is 0 Å². The van der Waals surface area contributed by atoms with Gasteiger partial charge in [0, 0.05) is 7.11 Å². The van der Waals surface area contributed by atoms with E-state index in [1.807, 2.05) is 7.11 Å². The second kappa shape index (κ2) is 3.12. The molecule has 3 aliphatic rings. The van der Waals surface area contributed by atoms with Gasteiger partial charge in [-0.15, -0.1) is 0 Å². The minimum Gasteiger partial charge on any atom is -0.370 e. The number of methoxy groups -OCH3 is 1. The Morgan fingerprint density at radius 2 is 1.88 bits per heavy atom. The molecule has 2 saturated carbocycles. The summed E-state index contributed by atoms with van der Waals surface area (Å²) in [6.45, 7) is 0.886. The normalized spacial score (nSPS) is 46.6. The van der Waals surface area contributed by atoms with Crippen LogP contribution < -0.4 is 0 Å². The number of benzene rings is 1. The Balaban J connectivity index is 1.89. The van der Waals surface area contributed by atoms with E-state index in [0.717, 1.165) is 6.61 Å². The van der Waals surface area contributed by atoms with Crippen LogP contribution in [0.5, 0.6) is 0 Å². The van der Waals surface area contributed by atoms with Crippen molar-refractivity contribution in [2.24, 2.45) is 11.8 Å². The molecule has 1 saturated heterocycles. The summed E-state index contributed by atoms with van der Waals surface area (Å²) in [5.74, 6) is 1.36. The molecule has 3 fully saturated rings. The summed E-state index contributed by atoms with van der Waals surface area (Å²) in [5.41, 5.74) is 1.15. The van der Waals surface area contributed by atoms with Crippen molar-refractivity contribution in [3.8, 4) is 0 Å². The summed E-state index contributed by atoms with van der Waals surface area (Å²) < 4.78 is 12.0. The van der Waals surface area contributed by atoms with E-state index in [1.165, 1.54) is 24.8 Å². The lowest BCUT2D eigenvalue weighted by Crippen LogP contribution is -2.49. The molecule has 0 radical (unpaired) electrons. The van der Waals surface area contributed by atoms with Crippen molar-refractivity contribution in [3.05, 3.63) is 35.9 Å². The van der Waals surface area contributed by atoms with E-state index in [0.29, 0.717) is 11.8 Å². The number of ether oxygens (including phenoxy) is 2. The molecule has 90 valence electrons. The molecule has 0 amide bonds. The predicted octanol–water partition coefficient (Wildman–Crippen LogP) is 2.73.